The predicted molar refractivity (Wildman–Crippen MR) is 78.2 cm³/mol. The van der Waals surface area contributed by atoms with Crippen molar-refractivity contribution in [3.05, 3.63) is 54.5 Å². The Kier molecular flexibility index (Phi) is 4.82. The molecule has 0 bridgehead atoms. The van der Waals surface area contributed by atoms with E-state index < -0.39 is 21.3 Å². The Hall–Kier alpha value is -1.63. The lowest BCUT2D eigenvalue weighted by atomic mass is 10.3. The van der Waals surface area contributed by atoms with E-state index in [2.05, 4.69) is 0 Å². The Morgan fingerprint density at radius 3 is 2.43 bits per heavy atom. The zero-order valence-electron chi connectivity index (χ0n) is 11.3. The summed E-state index contributed by atoms with van der Waals surface area (Å²) in [6, 6.07) is 10.2. The lowest BCUT2D eigenvalue weighted by Gasteiger charge is -2.25. The minimum atomic E-state index is -3.85. The van der Waals surface area contributed by atoms with E-state index in [-0.39, 0.29) is 11.4 Å². The molecule has 0 N–H and O–H groups in total. The smallest absolute Gasteiger partial charge is 0.244 e. The molecule has 21 heavy (non-hydrogen) atoms. The standard InChI is InChI=1S/C14H14ClNO4S/c1-11(14(15)17)16(10-12-6-5-9-20-12)21(18,19)13-7-3-2-4-8-13/h2-9,11H,10H2,1H3. The highest BCUT2D eigenvalue weighted by atomic mass is 35.5. The zero-order chi connectivity index (χ0) is 15.5. The topological polar surface area (TPSA) is 67.6 Å². The summed E-state index contributed by atoms with van der Waals surface area (Å²) in [6.45, 7) is 1.38. The molecule has 0 amide bonds. The van der Waals surface area contributed by atoms with Gasteiger partial charge >= 0.3 is 0 Å². The van der Waals surface area contributed by atoms with Crippen molar-refractivity contribution in [2.75, 3.05) is 0 Å². The maximum Gasteiger partial charge on any atom is 0.244 e. The highest BCUT2D eigenvalue weighted by molar-refractivity contribution is 7.89. The summed E-state index contributed by atoms with van der Waals surface area (Å²) in [5.74, 6) is 0.430. The molecule has 1 aromatic carbocycles. The quantitative estimate of drug-likeness (QED) is 0.765. The Bertz CT molecular complexity index is 698. The van der Waals surface area contributed by atoms with Crippen LogP contribution < -0.4 is 0 Å². The summed E-state index contributed by atoms with van der Waals surface area (Å²) in [5.41, 5.74) is 0. The number of carbonyl (C=O) groups is 1. The van der Waals surface area contributed by atoms with Gasteiger partial charge < -0.3 is 4.42 Å². The molecule has 7 heteroatoms. The Morgan fingerprint density at radius 2 is 1.90 bits per heavy atom. The number of nitrogens with zero attached hydrogens (tertiary/aromatic N) is 1. The lowest BCUT2D eigenvalue weighted by molar-refractivity contribution is -0.114. The van der Waals surface area contributed by atoms with Crippen LogP contribution in [0.4, 0.5) is 0 Å². The third-order valence-electron chi connectivity index (χ3n) is 3.00. The van der Waals surface area contributed by atoms with Gasteiger partial charge in [0.25, 0.3) is 0 Å². The molecule has 1 aromatic heterocycles. The van der Waals surface area contributed by atoms with Crippen molar-refractivity contribution < 1.29 is 17.6 Å². The van der Waals surface area contributed by atoms with E-state index in [1.165, 1.54) is 25.3 Å². The summed E-state index contributed by atoms with van der Waals surface area (Å²) in [5, 5.41) is -0.749. The monoisotopic (exact) mass is 327 g/mol. The van der Waals surface area contributed by atoms with E-state index in [1.54, 1.807) is 30.3 Å². The van der Waals surface area contributed by atoms with Gasteiger partial charge in [-0.25, -0.2) is 8.42 Å². The third-order valence-corrected chi connectivity index (χ3v) is 5.25. The number of hydrogen-bond acceptors (Lipinski definition) is 4. The molecular formula is C14H14ClNO4S. The molecule has 1 atom stereocenters. The van der Waals surface area contributed by atoms with Crippen molar-refractivity contribution in [3.8, 4) is 0 Å². The second kappa shape index (κ2) is 6.43. The molecule has 2 rings (SSSR count). The first-order valence-electron chi connectivity index (χ1n) is 6.21. The van der Waals surface area contributed by atoms with Crippen LogP contribution in [0.15, 0.2) is 58.0 Å². The minimum Gasteiger partial charge on any atom is -0.468 e. The number of rotatable bonds is 6. The molecule has 0 aliphatic carbocycles. The van der Waals surface area contributed by atoms with Crippen LogP contribution in [0.2, 0.25) is 0 Å². The van der Waals surface area contributed by atoms with Crippen LogP contribution in [0, 0.1) is 0 Å². The molecule has 1 heterocycles. The molecule has 2 aromatic rings. The normalized spacial score (nSPS) is 13.3. The first-order valence-corrected chi connectivity index (χ1v) is 8.03. The van der Waals surface area contributed by atoms with Crippen LogP contribution in [0.25, 0.3) is 0 Å². The second-order valence-electron chi connectivity index (χ2n) is 4.42. The van der Waals surface area contributed by atoms with Gasteiger partial charge in [-0.3, -0.25) is 4.79 Å². The summed E-state index contributed by atoms with van der Waals surface area (Å²) < 4.78 is 31.5. The van der Waals surface area contributed by atoms with E-state index in [9.17, 15) is 13.2 Å². The molecule has 0 saturated carbocycles. The summed E-state index contributed by atoms with van der Waals surface area (Å²) >= 11 is 5.48. The molecule has 0 aliphatic rings. The van der Waals surface area contributed by atoms with Crippen molar-refractivity contribution in [1.29, 1.82) is 0 Å². The average molecular weight is 328 g/mol. The van der Waals surface area contributed by atoms with Gasteiger partial charge in [0, 0.05) is 0 Å². The van der Waals surface area contributed by atoms with Gasteiger partial charge in [-0.1, -0.05) is 18.2 Å². The number of furan rings is 1. The van der Waals surface area contributed by atoms with Crippen LogP contribution in [0.3, 0.4) is 0 Å². The fourth-order valence-corrected chi connectivity index (χ4v) is 3.58. The lowest BCUT2D eigenvalue weighted by Crippen LogP contribution is -2.41. The molecule has 5 nitrogen and oxygen atoms in total. The Labute approximate surface area is 128 Å². The van der Waals surface area contributed by atoms with E-state index >= 15 is 0 Å². The molecular weight excluding hydrogens is 314 g/mol. The molecule has 0 radical (unpaired) electrons. The van der Waals surface area contributed by atoms with Gasteiger partial charge in [0.05, 0.1) is 23.7 Å². The van der Waals surface area contributed by atoms with Gasteiger partial charge in [-0.15, -0.1) is 0 Å². The molecule has 0 saturated heterocycles. The van der Waals surface area contributed by atoms with E-state index in [0.29, 0.717) is 5.76 Å². The highest BCUT2D eigenvalue weighted by Crippen LogP contribution is 2.22. The minimum absolute atomic E-state index is 0.0656. The fourth-order valence-electron chi connectivity index (χ4n) is 1.83. The van der Waals surface area contributed by atoms with E-state index in [4.69, 9.17) is 16.0 Å². The van der Waals surface area contributed by atoms with Crippen LogP contribution in [0.1, 0.15) is 12.7 Å². The summed E-state index contributed by atoms with van der Waals surface area (Å²) in [4.78, 5) is 11.5. The van der Waals surface area contributed by atoms with Crippen LogP contribution >= 0.6 is 11.6 Å². The number of carbonyl (C=O) groups excluding carboxylic acids is 1. The molecule has 0 aliphatic heterocycles. The maximum absolute atomic E-state index is 12.7. The van der Waals surface area contributed by atoms with Gasteiger partial charge in [0.1, 0.15) is 5.76 Å². The summed E-state index contributed by atoms with van der Waals surface area (Å²) in [6.07, 6.45) is 1.44. The molecule has 0 spiro atoms. The molecule has 1 unspecified atom stereocenters. The first-order chi connectivity index (χ1) is 9.93. The van der Waals surface area contributed by atoms with E-state index in [1.807, 2.05) is 0 Å². The van der Waals surface area contributed by atoms with Crippen molar-refractivity contribution in [1.82, 2.24) is 4.31 Å². The summed E-state index contributed by atoms with van der Waals surface area (Å²) in [7, 11) is -3.85. The third kappa shape index (κ3) is 3.53. The number of benzene rings is 1. The predicted octanol–water partition coefficient (Wildman–Crippen LogP) is 2.62. The van der Waals surface area contributed by atoms with Crippen LogP contribution in [-0.4, -0.2) is 24.0 Å². The SMILES string of the molecule is CC(C(=O)Cl)N(Cc1ccco1)S(=O)(=O)c1ccccc1. The number of hydrogen-bond donors (Lipinski definition) is 0. The number of halogens is 1. The van der Waals surface area contributed by atoms with Crippen LogP contribution in [0.5, 0.6) is 0 Å². The van der Waals surface area contributed by atoms with Crippen molar-refractivity contribution in [3.63, 3.8) is 0 Å². The van der Waals surface area contributed by atoms with Gasteiger partial charge in [0.15, 0.2) is 0 Å². The highest BCUT2D eigenvalue weighted by Gasteiger charge is 2.32. The van der Waals surface area contributed by atoms with Crippen molar-refractivity contribution >= 4 is 26.9 Å². The zero-order valence-corrected chi connectivity index (χ0v) is 12.8. The Balaban J connectivity index is 2.41. The van der Waals surface area contributed by atoms with Crippen molar-refractivity contribution in [2.24, 2.45) is 0 Å². The molecule has 112 valence electrons. The largest absolute Gasteiger partial charge is 0.468 e. The van der Waals surface area contributed by atoms with Crippen LogP contribution in [-0.2, 0) is 21.4 Å². The first kappa shape index (κ1) is 15.8. The van der Waals surface area contributed by atoms with E-state index in [0.717, 1.165) is 4.31 Å². The fraction of sp³-hybridized carbons (Fsp3) is 0.214. The average Bonchev–Trinajstić information content (AvgIpc) is 2.98. The van der Waals surface area contributed by atoms with Gasteiger partial charge in [0.2, 0.25) is 15.3 Å². The van der Waals surface area contributed by atoms with Gasteiger partial charge in [-0.2, -0.15) is 4.31 Å². The Morgan fingerprint density at radius 1 is 1.24 bits per heavy atom. The van der Waals surface area contributed by atoms with Gasteiger partial charge in [-0.05, 0) is 42.8 Å². The number of sulfonamides is 1. The van der Waals surface area contributed by atoms with Crippen molar-refractivity contribution in [2.45, 2.75) is 24.4 Å². The molecule has 0 fully saturated rings. The second-order valence-corrected chi connectivity index (χ2v) is 6.69. The maximum atomic E-state index is 12.7.